The van der Waals surface area contributed by atoms with Crippen molar-refractivity contribution in [2.75, 3.05) is 17.7 Å². The van der Waals surface area contributed by atoms with Gasteiger partial charge in [-0.25, -0.2) is 0 Å². The first-order valence-corrected chi connectivity index (χ1v) is 6.35. The number of ether oxygens (including phenoxy) is 1. The Hall–Kier alpha value is -2.89. The molecule has 0 atom stereocenters. The second-order valence-corrected chi connectivity index (χ2v) is 4.20. The third-order valence-corrected chi connectivity index (χ3v) is 2.73. The van der Waals surface area contributed by atoms with Crippen molar-refractivity contribution in [1.29, 1.82) is 0 Å². The molecule has 0 fully saturated rings. The van der Waals surface area contributed by atoms with Crippen LogP contribution >= 0.6 is 0 Å². The smallest absolute Gasteiger partial charge is 0.247 e. The minimum atomic E-state index is -0.227. The summed E-state index contributed by atoms with van der Waals surface area (Å²) in [5.41, 5.74) is 1.79. The highest BCUT2D eigenvalue weighted by Gasteiger charge is 2.00. The van der Waals surface area contributed by atoms with Crippen LogP contribution in [-0.4, -0.2) is 23.2 Å². The van der Waals surface area contributed by atoms with E-state index >= 15 is 0 Å². The molecule has 1 aromatic heterocycles. The van der Waals surface area contributed by atoms with Crippen LogP contribution in [0, 0.1) is 0 Å². The van der Waals surface area contributed by atoms with Crippen LogP contribution in [0.2, 0.25) is 0 Å². The van der Waals surface area contributed by atoms with Gasteiger partial charge in [0.2, 0.25) is 11.8 Å². The Morgan fingerprint density at radius 1 is 1.24 bits per heavy atom. The van der Waals surface area contributed by atoms with E-state index in [2.05, 4.69) is 27.4 Å². The Bertz CT molecular complexity index is 609. The lowest BCUT2D eigenvalue weighted by molar-refractivity contribution is -0.111. The van der Waals surface area contributed by atoms with E-state index in [0.717, 1.165) is 11.3 Å². The van der Waals surface area contributed by atoms with Gasteiger partial charge in [0.15, 0.2) is 0 Å². The van der Waals surface area contributed by atoms with Gasteiger partial charge in [0, 0.05) is 18.3 Å². The predicted molar refractivity (Wildman–Crippen MR) is 81.2 cm³/mol. The zero-order valence-electron chi connectivity index (χ0n) is 11.7. The molecule has 1 heterocycles. The van der Waals surface area contributed by atoms with Crippen molar-refractivity contribution in [1.82, 2.24) is 10.2 Å². The molecule has 0 saturated heterocycles. The molecule has 2 aromatic rings. The molecule has 0 aliphatic rings. The molecular weight excluding hydrogens is 268 g/mol. The third-order valence-electron chi connectivity index (χ3n) is 2.73. The quantitative estimate of drug-likeness (QED) is 0.795. The number of methoxy groups -OCH3 is 1. The third kappa shape index (κ3) is 4.31. The summed E-state index contributed by atoms with van der Waals surface area (Å²) in [6.45, 7) is 4.01. The van der Waals surface area contributed by atoms with Crippen LogP contribution in [0.4, 0.5) is 11.5 Å². The summed E-state index contributed by atoms with van der Waals surface area (Å²) in [5, 5.41) is 13.7. The monoisotopic (exact) mass is 284 g/mol. The molecule has 0 bridgehead atoms. The minimum absolute atomic E-state index is 0.227. The number of carbonyl (C=O) groups is 1. The summed E-state index contributed by atoms with van der Waals surface area (Å²) in [6, 6.07) is 11.0. The SMILES string of the molecule is C=CC(=O)Nc1ccc(CNc2ccc(OC)nn2)cc1. The second-order valence-electron chi connectivity index (χ2n) is 4.20. The molecule has 0 radical (unpaired) electrons. The van der Waals surface area contributed by atoms with E-state index in [9.17, 15) is 4.79 Å². The van der Waals surface area contributed by atoms with Crippen molar-refractivity contribution in [3.05, 3.63) is 54.6 Å². The maximum atomic E-state index is 11.2. The molecule has 2 N–H and O–H groups in total. The first-order chi connectivity index (χ1) is 10.2. The van der Waals surface area contributed by atoms with Gasteiger partial charge in [0.1, 0.15) is 5.82 Å². The number of benzene rings is 1. The molecule has 1 aromatic carbocycles. The largest absolute Gasteiger partial charge is 0.480 e. The lowest BCUT2D eigenvalue weighted by Gasteiger charge is -2.07. The van der Waals surface area contributed by atoms with Crippen LogP contribution in [0.25, 0.3) is 0 Å². The number of aromatic nitrogens is 2. The van der Waals surface area contributed by atoms with Gasteiger partial charge in [0.05, 0.1) is 7.11 Å². The Balaban J connectivity index is 1.90. The predicted octanol–water partition coefficient (Wildman–Crippen LogP) is 2.22. The fraction of sp³-hybridized carbons (Fsp3) is 0.133. The maximum absolute atomic E-state index is 11.2. The fourth-order valence-electron chi connectivity index (χ4n) is 1.62. The maximum Gasteiger partial charge on any atom is 0.247 e. The summed E-state index contributed by atoms with van der Waals surface area (Å²) in [4.78, 5) is 11.2. The summed E-state index contributed by atoms with van der Waals surface area (Å²) >= 11 is 0. The minimum Gasteiger partial charge on any atom is -0.480 e. The van der Waals surface area contributed by atoms with Gasteiger partial charge >= 0.3 is 0 Å². The average molecular weight is 284 g/mol. The van der Waals surface area contributed by atoms with E-state index in [1.165, 1.54) is 6.08 Å². The van der Waals surface area contributed by atoms with Crippen LogP contribution in [-0.2, 0) is 11.3 Å². The summed E-state index contributed by atoms with van der Waals surface area (Å²) in [6.07, 6.45) is 1.23. The van der Waals surface area contributed by atoms with Gasteiger partial charge in [-0.1, -0.05) is 18.7 Å². The molecule has 1 amide bonds. The molecule has 0 aliphatic heterocycles. The molecule has 0 aliphatic carbocycles. The van der Waals surface area contributed by atoms with Gasteiger partial charge in [-0.3, -0.25) is 4.79 Å². The molecule has 108 valence electrons. The Morgan fingerprint density at radius 2 is 2.00 bits per heavy atom. The molecule has 0 unspecified atom stereocenters. The normalized spacial score (nSPS) is 9.76. The molecule has 6 nitrogen and oxygen atoms in total. The van der Waals surface area contributed by atoms with Crippen LogP contribution in [0.1, 0.15) is 5.56 Å². The molecule has 0 spiro atoms. The standard InChI is InChI=1S/C15H16N4O2/c1-3-14(20)17-12-6-4-11(5-7-12)10-16-13-8-9-15(21-2)19-18-13/h3-9H,1,10H2,2H3,(H,16,18)(H,17,20). The number of hydrogen-bond acceptors (Lipinski definition) is 5. The van der Waals surface area contributed by atoms with Crippen molar-refractivity contribution in [3.63, 3.8) is 0 Å². The van der Waals surface area contributed by atoms with Crippen molar-refractivity contribution < 1.29 is 9.53 Å². The number of nitrogens with zero attached hydrogens (tertiary/aromatic N) is 2. The molecule has 21 heavy (non-hydrogen) atoms. The van der Waals surface area contributed by atoms with Crippen molar-refractivity contribution in [3.8, 4) is 5.88 Å². The Labute approximate surface area is 122 Å². The summed E-state index contributed by atoms with van der Waals surface area (Å²) < 4.78 is 4.94. The fourth-order valence-corrected chi connectivity index (χ4v) is 1.62. The van der Waals surface area contributed by atoms with E-state index in [-0.39, 0.29) is 5.91 Å². The van der Waals surface area contributed by atoms with E-state index in [4.69, 9.17) is 4.74 Å². The zero-order valence-corrected chi connectivity index (χ0v) is 11.7. The lowest BCUT2D eigenvalue weighted by atomic mass is 10.2. The Morgan fingerprint density at radius 3 is 2.57 bits per heavy atom. The second kappa shape index (κ2) is 7.04. The first kappa shape index (κ1) is 14.5. The first-order valence-electron chi connectivity index (χ1n) is 6.35. The highest BCUT2D eigenvalue weighted by molar-refractivity contribution is 5.98. The van der Waals surface area contributed by atoms with Gasteiger partial charge in [0.25, 0.3) is 0 Å². The van der Waals surface area contributed by atoms with Crippen molar-refractivity contribution in [2.45, 2.75) is 6.54 Å². The molecular formula is C15H16N4O2. The van der Waals surface area contributed by atoms with Gasteiger partial charge in [-0.05, 0) is 29.8 Å². The lowest BCUT2D eigenvalue weighted by Crippen LogP contribution is -2.07. The van der Waals surface area contributed by atoms with E-state index in [0.29, 0.717) is 18.2 Å². The zero-order chi connectivity index (χ0) is 15.1. The number of hydrogen-bond donors (Lipinski definition) is 2. The number of rotatable bonds is 6. The highest BCUT2D eigenvalue weighted by Crippen LogP contribution is 2.12. The van der Waals surface area contributed by atoms with Crippen molar-refractivity contribution in [2.24, 2.45) is 0 Å². The van der Waals surface area contributed by atoms with E-state index in [1.807, 2.05) is 24.3 Å². The van der Waals surface area contributed by atoms with Crippen molar-refractivity contribution >= 4 is 17.4 Å². The topological polar surface area (TPSA) is 76.1 Å². The van der Waals surface area contributed by atoms with Gasteiger partial charge < -0.3 is 15.4 Å². The van der Waals surface area contributed by atoms with Gasteiger partial charge in [-0.2, -0.15) is 0 Å². The van der Waals surface area contributed by atoms with E-state index < -0.39 is 0 Å². The summed E-state index contributed by atoms with van der Waals surface area (Å²) in [7, 11) is 1.55. The van der Waals surface area contributed by atoms with Crippen LogP contribution in [0.15, 0.2) is 49.1 Å². The van der Waals surface area contributed by atoms with Crippen LogP contribution < -0.4 is 15.4 Å². The molecule has 0 saturated carbocycles. The number of carbonyl (C=O) groups excluding carboxylic acids is 1. The van der Waals surface area contributed by atoms with Crippen LogP contribution in [0.5, 0.6) is 5.88 Å². The molecule has 6 heteroatoms. The van der Waals surface area contributed by atoms with E-state index in [1.54, 1.807) is 19.2 Å². The van der Waals surface area contributed by atoms with Crippen LogP contribution in [0.3, 0.4) is 0 Å². The van der Waals surface area contributed by atoms with Gasteiger partial charge in [-0.15, -0.1) is 10.2 Å². The average Bonchev–Trinajstić information content (AvgIpc) is 2.54. The Kier molecular flexibility index (Phi) is 4.87. The number of anilines is 2. The highest BCUT2D eigenvalue weighted by atomic mass is 16.5. The number of nitrogens with one attached hydrogen (secondary N) is 2. The number of amides is 1. The molecule has 2 rings (SSSR count). The summed E-state index contributed by atoms with van der Waals surface area (Å²) in [5.74, 6) is 0.914.